The first-order chi connectivity index (χ1) is 10.1. The van der Waals surface area contributed by atoms with Crippen molar-refractivity contribution in [1.82, 2.24) is 10.2 Å². The van der Waals surface area contributed by atoms with E-state index in [9.17, 15) is 14.7 Å². The summed E-state index contributed by atoms with van der Waals surface area (Å²) < 4.78 is 5.25. The molecule has 0 unspecified atom stereocenters. The van der Waals surface area contributed by atoms with Crippen LogP contribution in [0.25, 0.3) is 0 Å². The van der Waals surface area contributed by atoms with E-state index in [2.05, 4.69) is 5.32 Å². The molecule has 1 aromatic carbocycles. The van der Waals surface area contributed by atoms with Gasteiger partial charge in [0.25, 0.3) is 0 Å². The van der Waals surface area contributed by atoms with Gasteiger partial charge in [-0.05, 0) is 25.5 Å². The average molecular weight is 292 g/mol. The number of piperidine rings is 1. The molecule has 1 aromatic rings. The Morgan fingerprint density at radius 3 is 2.43 bits per heavy atom. The number of carbonyl (C=O) groups is 2. The third-order valence-corrected chi connectivity index (χ3v) is 3.97. The van der Waals surface area contributed by atoms with E-state index in [1.165, 1.54) is 0 Å². The quantitative estimate of drug-likeness (QED) is 0.878. The number of rotatable bonds is 4. The molecule has 2 N–H and O–H groups in total. The van der Waals surface area contributed by atoms with Crippen molar-refractivity contribution in [2.24, 2.45) is 0 Å². The predicted molar refractivity (Wildman–Crippen MR) is 76.9 cm³/mol. The van der Waals surface area contributed by atoms with Gasteiger partial charge in [0.2, 0.25) is 0 Å². The molecule has 0 saturated carbocycles. The summed E-state index contributed by atoms with van der Waals surface area (Å²) in [6, 6.07) is 9.45. The maximum absolute atomic E-state index is 12.0. The molecule has 1 aliphatic rings. The maximum atomic E-state index is 12.0. The van der Waals surface area contributed by atoms with Gasteiger partial charge >= 0.3 is 12.1 Å². The van der Waals surface area contributed by atoms with Crippen molar-refractivity contribution in [2.45, 2.75) is 25.0 Å². The van der Waals surface area contributed by atoms with Crippen molar-refractivity contribution in [3.8, 4) is 0 Å². The highest BCUT2D eigenvalue weighted by Crippen LogP contribution is 2.23. The number of carboxylic acid groups (broad SMARTS) is 1. The number of hydrogen-bond acceptors (Lipinski definition) is 4. The molecule has 6 nitrogen and oxygen atoms in total. The number of ether oxygens (including phenoxy) is 1. The monoisotopic (exact) mass is 292 g/mol. The molecule has 1 fully saturated rings. The van der Waals surface area contributed by atoms with Crippen LogP contribution in [0.4, 0.5) is 4.79 Å². The fourth-order valence-electron chi connectivity index (χ4n) is 2.45. The van der Waals surface area contributed by atoms with Crippen LogP contribution in [0.1, 0.15) is 18.4 Å². The smallest absolute Gasteiger partial charge is 0.410 e. The summed E-state index contributed by atoms with van der Waals surface area (Å²) >= 11 is 0. The molecule has 0 aromatic heterocycles. The largest absolute Gasteiger partial charge is 0.480 e. The van der Waals surface area contributed by atoms with Crippen molar-refractivity contribution >= 4 is 12.1 Å². The molecule has 0 atom stereocenters. The summed E-state index contributed by atoms with van der Waals surface area (Å²) in [6.45, 7) is 0.980. The van der Waals surface area contributed by atoms with Crippen molar-refractivity contribution in [2.75, 3.05) is 20.1 Å². The number of aliphatic carboxylic acids is 1. The molecular formula is C15H20N2O4. The van der Waals surface area contributed by atoms with Crippen molar-refractivity contribution in [1.29, 1.82) is 0 Å². The lowest BCUT2D eigenvalue weighted by Crippen LogP contribution is -2.58. The Bertz CT molecular complexity index is 496. The number of carboxylic acids is 1. The third kappa shape index (κ3) is 3.52. The molecule has 21 heavy (non-hydrogen) atoms. The lowest BCUT2D eigenvalue weighted by molar-refractivity contribution is -0.146. The second kappa shape index (κ2) is 6.58. The average Bonchev–Trinajstić information content (AvgIpc) is 2.53. The van der Waals surface area contributed by atoms with E-state index in [1.54, 1.807) is 11.9 Å². The van der Waals surface area contributed by atoms with E-state index in [0.717, 1.165) is 5.56 Å². The molecule has 0 aliphatic carbocycles. The molecule has 1 aliphatic heterocycles. The Morgan fingerprint density at radius 2 is 1.90 bits per heavy atom. The van der Waals surface area contributed by atoms with Gasteiger partial charge in [-0.25, -0.2) is 4.79 Å². The van der Waals surface area contributed by atoms with Crippen LogP contribution < -0.4 is 5.32 Å². The van der Waals surface area contributed by atoms with Crippen LogP contribution in [0.2, 0.25) is 0 Å². The van der Waals surface area contributed by atoms with Crippen LogP contribution in [0.5, 0.6) is 0 Å². The first kappa shape index (κ1) is 15.3. The molecule has 114 valence electrons. The zero-order chi connectivity index (χ0) is 15.3. The van der Waals surface area contributed by atoms with Gasteiger partial charge in [0.15, 0.2) is 0 Å². The van der Waals surface area contributed by atoms with E-state index in [1.807, 2.05) is 30.3 Å². The summed E-state index contributed by atoms with van der Waals surface area (Å²) in [7, 11) is 1.64. The normalized spacial score (nSPS) is 17.3. The zero-order valence-corrected chi connectivity index (χ0v) is 12.0. The number of benzene rings is 1. The summed E-state index contributed by atoms with van der Waals surface area (Å²) in [6.07, 6.45) is 0.354. The summed E-state index contributed by atoms with van der Waals surface area (Å²) in [5.41, 5.74) is -0.00564. The van der Waals surface area contributed by atoms with Crippen LogP contribution in [-0.4, -0.2) is 47.7 Å². The third-order valence-electron chi connectivity index (χ3n) is 3.97. The Labute approximate surface area is 123 Å². The first-order valence-corrected chi connectivity index (χ1v) is 6.95. The van der Waals surface area contributed by atoms with Crippen molar-refractivity contribution < 1.29 is 19.4 Å². The van der Waals surface area contributed by atoms with E-state index < -0.39 is 17.6 Å². The highest BCUT2D eigenvalue weighted by atomic mass is 16.6. The maximum Gasteiger partial charge on any atom is 0.410 e. The van der Waals surface area contributed by atoms with E-state index in [4.69, 9.17) is 4.74 Å². The standard InChI is InChI=1S/C15H20N2O4/c1-16-15(13(18)19)7-9-17(10-8-15)14(20)21-11-12-5-3-2-4-6-12/h2-6,16H,7-11H2,1H3,(H,18,19). The minimum Gasteiger partial charge on any atom is -0.480 e. The van der Waals surface area contributed by atoms with Crippen molar-refractivity contribution in [3.63, 3.8) is 0 Å². The molecule has 1 saturated heterocycles. The van der Waals surface area contributed by atoms with Crippen molar-refractivity contribution in [3.05, 3.63) is 35.9 Å². The molecule has 0 spiro atoms. The molecule has 1 amide bonds. The second-order valence-corrected chi connectivity index (χ2v) is 5.16. The van der Waals surface area contributed by atoms with Gasteiger partial charge in [0.05, 0.1) is 0 Å². The minimum atomic E-state index is -0.934. The van der Waals surface area contributed by atoms with Crippen LogP contribution >= 0.6 is 0 Å². The molecule has 2 rings (SSSR count). The SMILES string of the molecule is CNC1(C(=O)O)CCN(C(=O)OCc2ccccc2)CC1. The molecule has 0 radical (unpaired) electrons. The van der Waals surface area contributed by atoms with Gasteiger partial charge in [0, 0.05) is 13.1 Å². The number of carbonyl (C=O) groups excluding carboxylic acids is 1. The number of nitrogens with zero attached hydrogens (tertiary/aromatic N) is 1. The van der Waals surface area contributed by atoms with E-state index in [0.29, 0.717) is 25.9 Å². The topological polar surface area (TPSA) is 78.9 Å². The van der Waals surface area contributed by atoms with Gasteiger partial charge in [-0.3, -0.25) is 4.79 Å². The van der Waals surface area contributed by atoms with E-state index >= 15 is 0 Å². The van der Waals surface area contributed by atoms with Gasteiger partial charge in [-0.2, -0.15) is 0 Å². The van der Waals surface area contributed by atoms with Crippen LogP contribution in [0.3, 0.4) is 0 Å². The molecular weight excluding hydrogens is 272 g/mol. The second-order valence-electron chi connectivity index (χ2n) is 5.16. The van der Waals surface area contributed by atoms with Crippen LogP contribution in [0, 0.1) is 0 Å². The van der Waals surface area contributed by atoms with Gasteiger partial charge in [-0.1, -0.05) is 30.3 Å². The fraction of sp³-hybridized carbons (Fsp3) is 0.467. The number of amides is 1. The van der Waals surface area contributed by atoms with Gasteiger partial charge in [0.1, 0.15) is 12.1 Å². The molecule has 0 bridgehead atoms. The van der Waals surface area contributed by atoms with Gasteiger partial charge in [-0.15, -0.1) is 0 Å². The van der Waals surface area contributed by atoms with Gasteiger partial charge < -0.3 is 20.1 Å². The number of likely N-dealkylation sites (tertiary alicyclic amines) is 1. The van der Waals surface area contributed by atoms with Crippen LogP contribution in [0.15, 0.2) is 30.3 Å². The summed E-state index contributed by atoms with van der Waals surface area (Å²) in [5, 5.41) is 12.1. The summed E-state index contributed by atoms with van der Waals surface area (Å²) in [4.78, 5) is 24.8. The Kier molecular flexibility index (Phi) is 4.80. The minimum absolute atomic E-state index is 0.228. The highest BCUT2D eigenvalue weighted by Gasteiger charge is 2.41. The Hall–Kier alpha value is -2.08. The number of nitrogens with one attached hydrogen (secondary N) is 1. The predicted octanol–water partition coefficient (Wildman–Crippen LogP) is 1.46. The molecule has 1 heterocycles. The number of likely N-dealkylation sites (N-methyl/N-ethyl adjacent to an activating group) is 1. The zero-order valence-electron chi connectivity index (χ0n) is 12.0. The summed E-state index contributed by atoms with van der Waals surface area (Å²) in [5.74, 6) is -0.873. The fourth-order valence-corrected chi connectivity index (χ4v) is 2.45. The molecule has 6 heteroatoms. The number of hydrogen-bond donors (Lipinski definition) is 2. The highest BCUT2D eigenvalue weighted by molar-refractivity contribution is 5.79. The van der Waals surface area contributed by atoms with E-state index in [-0.39, 0.29) is 6.61 Å². The Balaban J connectivity index is 1.84. The Morgan fingerprint density at radius 1 is 1.29 bits per heavy atom. The first-order valence-electron chi connectivity index (χ1n) is 6.95. The van der Waals surface area contributed by atoms with Crippen LogP contribution in [-0.2, 0) is 16.1 Å². The lowest BCUT2D eigenvalue weighted by Gasteiger charge is -2.38. The lowest BCUT2D eigenvalue weighted by atomic mass is 9.88.